The molecule has 0 amide bonds. The molecule has 0 aliphatic rings. The third kappa shape index (κ3) is 1.20. The third-order valence-electron chi connectivity index (χ3n) is 1.78. The molecule has 2 nitrogen and oxygen atoms in total. The number of aryl methyl sites for hydroxylation is 2. The predicted molar refractivity (Wildman–Crippen MR) is 42.0 cm³/mol. The molecule has 0 N–H and O–H groups in total. The monoisotopic (exact) mass is 138 g/mol. The molecule has 2 heteroatoms. The van der Waals surface area contributed by atoms with Crippen molar-refractivity contribution in [3.8, 4) is 0 Å². The summed E-state index contributed by atoms with van der Waals surface area (Å²) >= 11 is 0. The van der Waals surface area contributed by atoms with Crippen LogP contribution < -0.4 is 0 Å². The second-order valence-electron chi connectivity index (χ2n) is 2.64. The average molecular weight is 138 g/mol. The van der Waals surface area contributed by atoms with Crippen LogP contribution in [0.5, 0.6) is 0 Å². The molecule has 56 valence electrons. The lowest BCUT2D eigenvalue weighted by atomic mass is 10.3. The molecule has 0 saturated heterocycles. The maximum absolute atomic E-state index is 4.22. The Balaban J connectivity index is 2.83. The number of nitrogens with zero attached hydrogens (tertiary/aromatic N) is 2. The highest BCUT2D eigenvalue weighted by atomic mass is 15.3. The van der Waals surface area contributed by atoms with E-state index in [4.69, 9.17) is 0 Å². The van der Waals surface area contributed by atoms with Gasteiger partial charge in [0, 0.05) is 12.2 Å². The Morgan fingerprint density at radius 2 is 2.20 bits per heavy atom. The van der Waals surface area contributed by atoms with Crippen LogP contribution in [0.4, 0.5) is 0 Å². The van der Waals surface area contributed by atoms with Gasteiger partial charge in [0.2, 0.25) is 0 Å². The minimum absolute atomic E-state index is 1.04. The summed E-state index contributed by atoms with van der Waals surface area (Å²) in [6, 6.07) is 0. The molecule has 0 atom stereocenters. The van der Waals surface area contributed by atoms with Gasteiger partial charge in [-0.05, 0) is 25.8 Å². The molecule has 10 heavy (non-hydrogen) atoms. The highest BCUT2D eigenvalue weighted by Crippen LogP contribution is 2.04. The van der Waals surface area contributed by atoms with Crippen molar-refractivity contribution in [2.75, 3.05) is 0 Å². The molecule has 1 aromatic rings. The lowest BCUT2D eigenvalue weighted by Crippen LogP contribution is -2.00. The summed E-state index contributed by atoms with van der Waals surface area (Å²) in [6.45, 7) is 7.41. The van der Waals surface area contributed by atoms with Crippen LogP contribution >= 0.6 is 0 Å². The third-order valence-corrected chi connectivity index (χ3v) is 1.78. The summed E-state index contributed by atoms with van der Waals surface area (Å²) in [4.78, 5) is 0. The Kier molecular flexibility index (Phi) is 2.10. The molecule has 0 radical (unpaired) electrons. The zero-order valence-electron chi connectivity index (χ0n) is 6.89. The number of rotatable bonds is 2. The summed E-state index contributed by atoms with van der Waals surface area (Å²) < 4.78 is 2.05. The highest BCUT2D eigenvalue weighted by Gasteiger charge is 1.98. The fourth-order valence-corrected chi connectivity index (χ4v) is 0.977. The standard InChI is InChI=1S/C8H14N2/c1-4-5-10-8(3)7(2)6-9-10/h6H,4-5H2,1-3H3. The zero-order valence-corrected chi connectivity index (χ0v) is 6.89. The summed E-state index contributed by atoms with van der Waals surface area (Å²) in [5.74, 6) is 0. The van der Waals surface area contributed by atoms with Gasteiger partial charge < -0.3 is 0 Å². The topological polar surface area (TPSA) is 17.8 Å². The number of hydrogen-bond acceptors (Lipinski definition) is 1. The first kappa shape index (κ1) is 7.32. The van der Waals surface area contributed by atoms with E-state index in [1.807, 2.05) is 6.20 Å². The van der Waals surface area contributed by atoms with E-state index in [0.29, 0.717) is 0 Å². The van der Waals surface area contributed by atoms with Gasteiger partial charge in [-0.25, -0.2) is 0 Å². The van der Waals surface area contributed by atoms with Gasteiger partial charge in [0.1, 0.15) is 0 Å². The molecule has 1 aromatic heterocycles. The molecular weight excluding hydrogens is 124 g/mol. The molecule has 0 bridgehead atoms. The van der Waals surface area contributed by atoms with Crippen LogP contribution in [-0.2, 0) is 6.54 Å². The molecular formula is C8H14N2. The smallest absolute Gasteiger partial charge is 0.0521 e. The van der Waals surface area contributed by atoms with Crippen LogP contribution in [0.3, 0.4) is 0 Å². The van der Waals surface area contributed by atoms with Crippen molar-refractivity contribution in [1.29, 1.82) is 0 Å². The van der Waals surface area contributed by atoms with Crippen molar-refractivity contribution >= 4 is 0 Å². The van der Waals surface area contributed by atoms with E-state index in [0.717, 1.165) is 13.0 Å². The SMILES string of the molecule is CCCn1ncc(C)c1C. The zero-order chi connectivity index (χ0) is 7.56. The molecule has 0 saturated carbocycles. The van der Waals surface area contributed by atoms with Gasteiger partial charge in [-0.15, -0.1) is 0 Å². The number of aromatic nitrogens is 2. The van der Waals surface area contributed by atoms with Crippen molar-refractivity contribution in [1.82, 2.24) is 9.78 Å². The van der Waals surface area contributed by atoms with Gasteiger partial charge in [-0.3, -0.25) is 4.68 Å². The van der Waals surface area contributed by atoms with Crippen LogP contribution in [0.15, 0.2) is 6.20 Å². The van der Waals surface area contributed by atoms with Crippen LogP contribution in [0.2, 0.25) is 0 Å². The molecule has 0 aromatic carbocycles. The van der Waals surface area contributed by atoms with Gasteiger partial charge in [0.15, 0.2) is 0 Å². The molecule has 1 rings (SSSR count). The van der Waals surface area contributed by atoms with E-state index in [-0.39, 0.29) is 0 Å². The molecule has 0 unspecified atom stereocenters. The normalized spacial score (nSPS) is 10.3. The summed E-state index contributed by atoms with van der Waals surface area (Å²) in [5.41, 5.74) is 2.58. The van der Waals surface area contributed by atoms with Crippen molar-refractivity contribution in [2.24, 2.45) is 0 Å². The Hall–Kier alpha value is -0.790. The van der Waals surface area contributed by atoms with Gasteiger partial charge >= 0.3 is 0 Å². The quantitative estimate of drug-likeness (QED) is 0.610. The average Bonchev–Trinajstić information content (AvgIpc) is 2.20. The molecule has 0 aliphatic heterocycles. The van der Waals surface area contributed by atoms with Crippen molar-refractivity contribution in [3.05, 3.63) is 17.5 Å². The maximum Gasteiger partial charge on any atom is 0.0521 e. The second-order valence-corrected chi connectivity index (χ2v) is 2.64. The van der Waals surface area contributed by atoms with Gasteiger partial charge in [0.25, 0.3) is 0 Å². The lowest BCUT2D eigenvalue weighted by Gasteiger charge is -2.00. The Bertz CT molecular complexity index is 213. The first-order valence-electron chi connectivity index (χ1n) is 3.74. The summed E-state index contributed by atoms with van der Waals surface area (Å²) in [6.07, 6.45) is 3.08. The van der Waals surface area contributed by atoms with Gasteiger partial charge in [0.05, 0.1) is 6.20 Å². The van der Waals surface area contributed by atoms with E-state index in [2.05, 4.69) is 30.6 Å². The predicted octanol–water partition coefficient (Wildman–Crippen LogP) is 1.91. The Labute approximate surface area is 61.9 Å². The van der Waals surface area contributed by atoms with Crippen LogP contribution in [0.1, 0.15) is 24.6 Å². The fourth-order valence-electron chi connectivity index (χ4n) is 0.977. The molecule has 1 heterocycles. The van der Waals surface area contributed by atoms with Crippen LogP contribution in [-0.4, -0.2) is 9.78 Å². The minimum atomic E-state index is 1.04. The molecule has 0 fully saturated rings. The van der Waals surface area contributed by atoms with Crippen LogP contribution in [0.25, 0.3) is 0 Å². The van der Waals surface area contributed by atoms with Crippen molar-refractivity contribution < 1.29 is 0 Å². The van der Waals surface area contributed by atoms with Gasteiger partial charge in [-0.1, -0.05) is 6.92 Å². The van der Waals surface area contributed by atoms with E-state index in [1.165, 1.54) is 11.3 Å². The highest BCUT2D eigenvalue weighted by molar-refractivity contribution is 5.12. The van der Waals surface area contributed by atoms with E-state index in [9.17, 15) is 0 Å². The fraction of sp³-hybridized carbons (Fsp3) is 0.625. The lowest BCUT2D eigenvalue weighted by molar-refractivity contribution is 0.586. The second kappa shape index (κ2) is 2.86. The summed E-state index contributed by atoms with van der Waals surface area (Å²) in [5, 5.41) is 4.22. The van der Waals surface area contributed by atoms with E-state index < -0.39 is 0 Å². The first-order chi connectivity index (χ1) is 4.75. The molecule has 0 spiro atoms. The van der Waals surface area contributed by atoms with E-state index in [1.54, 1.807) is 0 Å². The Morgan fingerprint density at radius 1 is 1.50 bits per heavy atom. The maximum atomic E-state index is 4.22. The number of hydrogen-bond donors (Lipinski definition) is 0. The van der Waals surface area contributed by atoms with Gasteiger partial charge in [-0.2, -0.15) is 5.10 Å². The van der Waals surface area contributed by atoms with Crippen molar-refractivity contribution in [2.45, 2.75) is 33.7 Å². The molecule has 0 aliphatic carbocycles. The summed E-state index contributed by atoms with van der Waals surface area (Å²) in [7, 11) is 0. The first-order valence-corrected chi connectivity index (χ1v) is 3.74. The minimum Gasteiger partial charge on any atom is -0.270 e. The largest absolute Gasteiger partial charge is 0.270 e. The van der Waals surface area contributed by atoms with Crippen molar-refractivity contribution in [3.63, 3.8) is 0 Å². The Morgan fingerprint density at radius 3 is 2.60 bits per heavy atom. The van der Waals surface area contributed by atoms with Crippen LogP contribution in [0, 0.1) is 13.8 Å². The van der Waals surface area contributed by atoms with E-state index >= 15 is 0 Å².